The molecule has 0 saturated carbocycles. The third-order valence-electron chi connectivity index (χ3n) is 4.16. The van der Waals surface area contributed by atoms with Crippen LogP contribution in [0.2, 0.25) is 0 Å². The Morgan fingerprint density at radius 2 is 1.97 bits per heavy atom. The van der Waals surface area contributed by atoms with Gasteiger partial charge in [-0.15, -0.1) is 0 Å². The predicted octanol–water partition coefficient (Wildman–Crippen LogP) is 4.24. The van der Waals surface area contributed by atoms with Gasteiger partial charge in [0.2, 0.25) is 0 Å². The number of carboxylic acids is 1. The number of halogens is 2. The van der Waals surface area contributed by atoms with E-state index in [4.69, 9.17) is 19.8 Å². The summed E-state index contributed by atoms with van der Waals surface area (Å²) in [7, 11) is 1.48. The maximum Gasteiger partial charge on any atom is 0.339 e. The van der Waals surface area contributed by atoms with Gasteiger partial charge in [0.05, 0.1) is 12.7 Å². The number of aromatic carboxylic acids is 1. The van der Waals surface area contributed by atoms with Crippen molar-refractivity contribution in [3.63, 3.8) is 0 Å². The molecule has 7 nitrogen and oxygen atoms in total. The number of nitriles is 1. The Morgan fingerprint density at radius 3 is 2.57 bits per heavy atom. The first-order valence-corrected chi connectivity index (χ1v) is 8.61. The molecule has 0 aliphatic carbocycles. The van der Waals surface area contributed by atoms with Crippen molar-refractivity contribution in [1.82, 2.24) is 9.97 Å². The Balaban J connectivity index is 1.75. The molecule has 1 heterocycles. The molecule has 9 heteroatoms. The fourth-order valence-electron chi connectivity index (χ4n) is 2.66. The molecule has 0 amide bonds. The van der Waals surface area contributed by atoms with Gasteiger partial charge in [-0.1, -0.05) is 6.07 Å². The second kappa shape index (κ2) is 8.96. The first-order valence-electron chi connectivity index (χ1n) is 8.61. The maximum atomic E-state index is 13.1. The molecule has 0 bridgehead atoms. The Labute approximate surface area is 170 Å². The fraction of sp³-hybridized carbons (Fsp3) is 0.143. The van der Waals surface area contributed by atoms with Crippen LogP contribution in [0.5, 0.6) is 11.5 Å². The third kappa shape index (κ3) is 4.50. The molecule has 0 aliphatic heterocycles. The highest BCUT2D eigenvalue weighted by Gasteiger charge is 2.21. The second-order valence-corrected chi connectivity index (χ2v) is 6.06. The minimum atomic E-state index is -3.04. The molecule has 152 valence electrons. The average Bonchev–Trinajstić information content (AvgIpc) is 2.77. The molecule has 30 heavy (non-hydrogen) atoms. The molecule has 1 aromatic heterocycles. The van der Waals surface area contributed by atoms with Crippen LogP contribution in [0.1, 0.15) is 33.6 Å². The number of benzene rings is 2. The maximum absolute atomic E-state index is 13.1. The van der Waals surface area contributed by atoms with Crippen molar-refractivity contribution in [3.8, 4) is 29.0 Å². The van der Waals surface area contributed by atoms with E-state index >= 15 is 0 Å². The lowest BCUT2D eigenvalue weighted by Crippen LogP contribution is -2.08. The van der Waals surface area contributed by atoms with E-state index in [1.807, 2.05) is 6.07 Å². The SMILES string of the molecule is COc1ccc(COc2ccc(-c3ncc(C(=O)O)c(C(F)F)n3)cc2)cc1C#N. The van der Waals surface area contributed by atoms with E-state index in [-0.39, 0.29) is 12.4 Å². The normalized spacial score (nSPS) is 10.5. The van der Waals surface area contributed by atoms with Crippen LogP contribution in [0.3, 0.4) is 0 Å². The number of rotatable bonds is 7. The summed E-state index contributed by atoms with van der Waals surface area (Å²) in [6.45, 7) is 0.206. The summed E-state index contributed by atoms with van der Waals surface area (Å²) in [5, 5.41) is 18.1. The molecule has 0 unspecified atom stereocenters. The van der Waals surface area contributed by atoms with Gasteiger partial charge in [-0.05, 0) is 42.0 Å². The van der Waals surface area contributed by atoms with Crippen LogP contribution >= 0.6 is 0 Å². The van der Waals surface area contributed by atoms with Gasteiger partial charge >= 0.3 is 5.97 Å². The molecule has 0 aliphatic rings. The number of hydrogen-bond acceptors (Lipinski definition) is 6. The summed E-state index contributed by atoms with van der Waals surface area (Å²) in [5.41, 5.74) is 0.124. The lowest BCUT2D eigenvalue weighted by Gasteiger charge is -2.10. The summed E-state index contributed by atoms with van der Waals surface area (Å²) < 4.78 is 37.0. The minimum absolute atomic E-state index is 0.0179. The number of carboxylic acid groups (broad SMARTS) is 1. The van der Waals surface area contributed by atoms with Gasteiger partial charge in [-0.25, -0.2) is 23.5 Å². The van der Waals surface area contributed by atoms with Gasteiger partial charge < -0.3 is 14.6 Å². The highest BCUT2D eigenvalue weighted by Crippen LogP contribution is 2.26. The zero-order valence-electron chi connectivity index (χ0n) is 15.7. The third-order valence-corrected chi connectivity index (χ3v) is 4.16. The molecule has 1 N–H and O–H groups in total. The molecule has 0 fully saturated rings. The topological polar surface area (TPSA) is 105 Å². The van der Waals surface area contributed by atoms with E-state index in [1.165, 1.54) is 7.11 Å². The van der Waals surface area contributed by atoms with Crippen LogP contribution in [-0.4, -0.2) is 28.2 Å². The number of nitrogens with zero attached hydrogens (tertiary/aromatic N) is 3. The van der Waals surface area contributed by atoms with Crippen molar-refractivity contribution >= 4 is 5.97 Å². The first kappa shape index (κ1) is 20.7. The number of hydrogen-bond donors (Lipinski definition) is 1. The monoisotopic (exact) mass is 411 g/mol. The van der Waals surface area contributed by atoms with Crippen molar-refractivity contribution < 1.29 is 28.2 Å². The van der Waals surface area contributed by atoms with Crippen molar-refractivity contribution in [2.75, 3.05) is 7.11 Å². The number of alkyl halides is 2. The molecule has 3 aromatic rings. The van der Waals surface area contributed by atoms with Gasteiger partial charge in [0, 0.05) is 11.8 Å². The standard InChI is InChI=1S/C21H15F2N3O4/c1-29-17-7-2-12(8-14(17)9-24)11-30-15-5-3-13(4-6-15)20-25-10-16(21(27)28)18(26-20)19(22)23/h2-8,10,19H,11H2,1H3,(H,27,28). The van der Waals surface area contributed by atoms with Crippen LogP contribution < -0.4 is 9.47 Å². The van der Waals surface area contributed by atoms with Gasteiger partial charge in [0.15, 0.2) is 5.82 Å². The number of ether oxygens (including phenoxy) is 2. The number of aromatic nitrogens is 2. The Kier molecular flexibility index (Phi) is 6.17. The number of carbonyl (C=O) groups is 1. The van der Waals surface area contributed by atoms with Crippen molar-refractivity contribution in [3.05, 3.63) is 71.0 Å². The smallest absolute Gasteiger partial charge is 0.339 e. The summed E-state index contributed by atoms with van der Waals surface area (Å²) in [6.07, 6.45) is -2.17. The Hall–Kier alpha value is -4.06. The molecule has 0 atom stereocenters. The summed E-state index contributed by atoms with van der Waals surface area (Å²) in [4.78, 5) is 18.6. The van der Waals surface area contributed by atoms with Gasteiger partial charge in [-0.3, -0.25) is 0 Å². The van der Waals surface area contributed by atoms with E-state index in [0.29, 0.717) is 22.6 Å². The van der Waals surface area contributed by atoms with Crippen LogP contribution in [0.25, 0.3) is 11.4 Å². The predicted molar refractivity (Wildman–Crippen MR) is 101 cm³/mol. The molecule has 3 rings (SSSR count). The highest BCUT2D eigenvalue weighted by molar-refractivity contribution is 5.88. The number of methoxy groups -OCH3 is 1. The zero-order valence-corrected chi connectivity index (χ0v) is 15.7. The zero-order chi connectivity index (χ0) is 21.7. The van der Waals surface area contributed by atoms with E-state index < -0.39 is 23.7 Å². The van der Waals surface area contributed by atoms with Crippen molar-refractivity contribution in [2.24, 2.45) is 0 Å². The summed E-state index contributed by atoms with van der Waals surface area (Å²) in [5.74, 6) is -0.554. The summed E-state index contributed by atoms with van der Waals surface area (Å²) in [6, 6.07) is 13.5. The van der Waals surface area contributed by atoms with Crippen LogP contribution in [0.4, 0.5) is 8.78 Å². The van der Waals surface area contributed by atoms with E-state index in [1.54, 1.807) is 42.5 Å². The molecular weight excluding hydrogens is 396 g/mol. The van der Waals surface area contributed by atoms with Gasteiger partial charge in [-0.2, -0.15) is 5.26 Å². The fourth-order valence-corrected chi connectivity index (χ4v) is 2.66. The highest BCUT2D eigenvalue weighted by atomic mass is 19.3. The molecule has 0 spiro atoms. The van der Waals surface area contributed by atoms with Crippen molar-refractivity contribution in [1.29, 1.82) is 5.26 Å². The largest absolute Gasteiger partial charge is 0.495 e. The molecule has 0 radical (unpaired) electrons. The minimum Gasteiger partial charge on any atom is -0.495 e. The molecule has 2 aromatic carbocycles. The average molecular weight is 411 g/mol. The Bertz CT molecular complexity index is 1110. The quantitative estimate of drug-likeness (QED) is 0.620. The Morgan fingerprint density at radius 1 is 1.23 bits per heavy atom. The van der Waals surface area contributed by atoms with Gasteiger partial charge in [0.25, 0.3) is 6.43 Å². The lowest BCUT2D eigenvalue weighted by atomic mass is 10.1. The lowest BCUT2D eigenvalue weighted by molar-refractivity contribution is 0.0681. The first-order chi connectivity index (χ1) is 14.4. The molecular formula is C21H15F2N3O4. The van der Waals surface area contributed by atoms with E-state index in [2.05, 4.69) is 9.97 Å². The van der Waals surface area contributed by atoms with E-state index in [0.717, 1.165) is 11.8 Å². The van der Waals surface area contributed by atoms with Crippen LogP contribution in [0.15, 0.2) is 48.7 Å². The van der Waals surface area contributed by atoms with E-state index in [9.17, 15) is 13.6 Å². The molecule has 0 saturated heterocycles. The van der Waals surface area contributed by atoms with Crippen LogP contribution in [-0.2, 0) is 6.61 Å². The second-order valence-electron chi connectivity index (χ2n) is 6.06. The van der Waals surface area contributed by atoms with Crippen LogP contribution in [0, 0.1) is 11.3 Å². The van der Waals surface area contributed by atoms with Crippen molar-refractivity contribution in [2.45, 2.75) is 13.0 Å². The summed E-state index contributed by atoms with van der Waals surface area (Å²) >= 11 is 0. The van der Waals surface area contributed by atoms with Gasteiger partial charge in [0.1, 0.15) is 35.4 Å².